The molecule has 6 aromatic carbocycles. The Bertz CT molecular complexity index is 1780. The van der Waals surface area contributed by atoms with Crippen LogP contribution in [0.5, 0.6) is 11.5 Å². The Balaban J connectivity index is 0.000000181. The Morgan fingerprint density at radius 1 is 0.413 bits per heavy atom. The van der Waals surface area contributed by atoms with Crippen molar-refractivity contribution in [3.05, 3.63) is 193 Å². The molecule has 228 valence electrons. The molecule has 6 aromatic rings. The zero-order chi connectivity index (χ0) is 31.8. The first-order valence-corrected chi connectivity index (χ1v) is 15.2. The summed E-state index contributed by atoms with van der Waals surface area (Å²) in [6.45, 7) is 8.65. The van der Waals surface area contributed by atoms with Gasteiger partial charge in [0.1, 0.15) is 24.7 Å². The summed E-state index contributed by atoms with van der Waals surface area (Å²) in [7, 11) is 0. The first kappa shape index (κ1) is 31.4. The lowest BCUT2D eigenvalue weighted by atomic mass is 10.1. The summed E-state index contributed by atoms with van der Waals surface area (Å²) in [6, 6.07) is 52.6. The Hall–Kier alpha value is -6.00. The Kier molecular flexibility index (Phi) is 11.4. The minimum Gasteiger partial charge on any atom is -0.489 e. The van der Waals surface area contributed by atoms with Crippen LogP contribution in [-0.4, -0.2) is 0 Å². The number of rotatable bonds is 12. The van der Waals surface area contributed by atoms with E-state index in [1.54, 1.807) is 0 Å². The largest absolute Gasteiger partial charge is 0.489 e. The normalized spacial score (nSPS) is 10.1. The van der Waals surface area contributed by atoms with E-state index < -0.39 is 0 Å². The van der Waals surface area contributed by atoms with Gasteiger partial charge >= 0.3 is 0 Å². The highest BCUT2D eigenvalue weighted by molar-refractivity contribution is 5.61. The molecule has 46 heavy (non-hydrogen) atoms. The second-order valence-corrected chi connectivity index (χ2v) is 10.5. The van der Waals surface area contributed by atoms with Gasteiger partial charge in [0.05, 0.1) is 0 Å². The Morgan fingerprint density at radius 3 is 1.35 bits per heavy atom. The van der Waals surface area contributed by atoms with E-state index in [1.807, 2.05) is 146 Å². The molecule has 0 aliphatic carbocycles. The summed E-state index contributed by atoms with van der Waals surface area (Å²) in [4.78, 5) is 0. The van der Waals surface area contributed by atoms with Gasteiger partial charge in [-0.2, -0.15) is 0 Å². The van der Waals surface area contributed by atoms with E-state index in [1.165, 1.54) is 0 Å². The van der Waals surface area contributed by atoms with Crippen molar-refractivity contribution in [2.75, 3.05) is 10.6 Å². The summed E-state index contributed by atoms with van der Waals surface area (Å²) >= 11 is 0. The highest BCUT2D eigenvalue weighted by Crippen LogP contribution is 2.22. The molecule has 4 heteroatoms. The summed E-state index contributed by atoms with van der Waals surface area (Å²) in [6.07, 6.45) is 3.68. The van der Waals surface area contributed by atoms with Gasteiger partial charge in [-0.05, 0) is 101 Å². The zero-order valence-electron chi connectivity index (χ0n) is 25.8. The fourth-order valence-electron chi connectivity index (χ4n) is 4.54. The molecular weight excluding hydrogens is 564 g/mol. The van der Waals surface area contributed by atoms with E-state index in [9.17, 15) is 0 Å². The standard InChI is InChI=1S/2C21H19NO/c1-2-17-7-6-8-18(15-17)16-23-21-13-11-20(12-14-21)22-19-9-4-3-5-10-19;1-2-17-8-10-18(11-9-17)16-23-21-14-12-20(13-15-21)22-19-6-4-3-5-7-19/h2*2-15,22H,1,16H2. The van der Waals surface area contributed by atoms with E-state index in [4.69, 9.17) is 9.47 Å². The molecule has 0 heterocycles. The van der Waals surface area contributed by atoms with Crippen LogP contribution in [0.4, 0.5) is 22.7 Å². The van der Waals surface area contributed by atoms with Crippen molar-refractivity contribution in [1.29, 1.82) is 0 Å². The topological polar surface area (TPSA) is 42.5 Å². The monoisotopic (exact) mass is 602 g/mol. The zero-order valence-corrected chi connectivity index (χ0v) is 25.8. The van der Waals surface area contributed by atoms with Crippen LogP contribution in [0.3, 0.4) is 0 Å². The summed E-state index contributed by atoms with van der Waals surface area (Å²) < 4.78 is 11.7. The maximum atomic E-state index is 5.83. The number of anilines is 4. The number of hydrogen-bond donors (Lipinski definition) is 2. The van der Waals surface area contributed by atoms with Crippen molar-refractivity contribution in [2.45, 2.75) is 13.2 Å². The molecular formula is C42H38N2O2. The third-order valence-corrected chi connectivity index (χ3v) is 7.05. The quantitative estimate of drug-likeness (QED) is 0.146. The first-order chi connectivity index (χ1) is 22.7. The van der Waals surface area contributed by atoms with Gasteiger partial charge in [-0.3, -0.25) is 0 Å². The van der Waals surface area contributed by atoms with E-state index in [0.717, 1.165) is 56.5 Å². The number of ether oxygens (including phenoxy) is 2. The predicted octanol–water partition coefficient (Wildman–Crippen LogP) is 11.3. The fraction of sp³-hybridized carbons (Fsp3) is 0.0476. The van der Waals surface area contributed by atoms with Crippen molar-refractivity contribution >= 4 is 34.9 Å². The number of para-hydroxylation sites is 2. The van der Waals surface area contributed by atoms with Crippen LogP contribution in [0.1, 0.15) is 22.3 Å². The maximum absolute atomic E-state index is 5.83. The highest BCUT2D eigenvalue weighted by Gasteiger charge is 2.00. The van der Waals surface area contributed by atoms with Gasteiger partial charge in [-0.15, -0.1) is 0 Å². The van der Waals surface area contributed by atoms with E-state index >= 15 is 0 Å². The van der Waals surface area contributed by atoms with Crippen LogP contribution in [0, 0.1) is 0 Å². The average Bonchev–Trinajstić information content (AvgIpc) is 3.12. The Morgan fingerprint density at radius 2 is 0.870 bits per heavy atom. The van der Waals surface area contributed by atoms with Crippen LogP contribution < -0.4 is 20.1 Å². The number of nitrogens with one attached hydrogen (secondary N) is 2. The molecule has 4 nitrogen and oxygen atoms in total. The molecule has 0 aliphatic rings. The van der Waals surface area contributed by atoms with Gasteiger partial charge in [0.2, 0.25) is 0 Å². The van der Waals surface area contributed by atoms with Gasteiger partial charge in [0.15, 0.2) is 0 Å². The van der Waals surface area contributed by atoms with Crippen molar-refractivity contribution in [3.63, 3.8) is 0 Å². The molecule has 2 N–H and O–H groups in total. The number of hydrogen-bond acceptors (Lipinski definition) is 4. The van der Waals surface area contributed by atoms with Gasteiger partial charge in [0.25, 0.3) is 0 Å². The van der Waals surface area contributed by atoms with Gasteiger partial charge in [0, 0.05) is 22.7 Å². The molecule has 0 radical (unpaired) electrons. The molecule has 0 aromatic heterocycles. The average molecular weight is 603 g/mol. The lowest BCUT2D eigenvalue weighted by molar-refractivity contribution is 0.306. The second-order valence-electron chi connectivity index (χ2n) is 10.5. The lowest BCUT2D eigenvalue weighted by Crippen LogP contribution is -1.96. The minimum absolute atomic E-state index is 0.549. The van der Waals surface area contributed by atoms with Gasteiger partial charge < -0.3 is 20.1 Å². The first-order valence-electron chi connectivity index (χ1n) is 15.2. The smallest absolute Gasteiger partial charge is 0.119 e. The molecule has 0 spiro atoms. The summed E-state index contributed by atoms with van der Waals surface area (Å²) in [5.41, 5.74) is 8.72. The van der Waals surface area contributed by atoms with Crippen LogP contribution in [0.15, 0.2) is 171 Å². The Labute approximate surface area is 272 Å². The van der Waals surface area contributed by atoms with E-state index in [2.05, 4.69) is 48.1 Å². The molecule has 0 amide bonds. The number of benzene rings is 6. The van der Waals surface area contributed by atoms with E-state index in [-0.39, 0.29) is 0 Å². The molecule has 0 saturated carbocycles. The van der Waals surface area contributed by atoms with Gasteiger partial charge in [-0.1, -0.05) is 104 Å². The predicted molar refractivity (Wildman–Crippen MR) is 194 cm³/mol. The van der Waals surface area contributed by atoms with Crippen LogP contribution >= 0.6 is 0 Å². The van der Waals surface area contributed by atoms with Crippen molar-refractivity contribution < 1.29 is 9.47 Å². The van der Waals surface area contributed by atoms with E-state index in [0.29, 0.717) is 13.2 Å². The molecule has 0 bridgehead atoms. The molecule has 0 saturated heterocycles. The van der Waals surface area contributed by atoms with Crippen molar-refractivity contribution in [2.24, 2.45) is 0 Å². The fourth-order valence-corrected chi connectivity index (χ4v) is 4.54. The van der Waals surface area contributed by atoms with Crippen LogP contribution in [0.2, 0.25) is 0 Å². The molecule has 0 atom stereocenters. The van der Waals surface area contributed by atoms with Crippen molar-refractivity contribution in [3.8, 4) is 11.5 Å². The molecule has 0 fully saturated rings. The maximum Gasteiger partial charge on any atom is 0.119 e. The summed E-state index contributed by atoms with van der Waals surface area (Å²) in [5.74, 6) is 1.71. The molecule has 0 unspecified atom stereocenters. The highest BCUT2D eigenvalue weighted by atomic mass is 16.5. The summed E-state index contributed by atoms with van der Waals surface area (Å²) in [5, 5.41) is 6.71. The van der Waals surface area contributed by atoms with Gasteiger partial charge in [-0.25, -0.2) is 0 Å². The third-order valence-electron chi connectivity index (χ3n) is 7.05. The lowest BCUT2D eigenvalue weighted by Gasteiger charge is -2.09. The van der Waals surface area contributed by atoms with Crippen molar-refractivity contribution in [1.82, 2.24) is 0 Å². The molecule has 6 rings (SSSR count). The molecule has 0 aliphatic heterocycles. The third kappa shape index (κ3) is 10.0. The van der Waals surface area contributed by atoms with Crippen LogP contribution in [0.25, 0.3) is 12.2 Å². The minimum atomic E-state index is 0.549. The van der Waals surface area contributed by atoms with Crippen LogP contribution in [-0.2, 0) is 13.2 Å². The second kappa shape index (κ2) is 16.7. The SMILES string of the molecule is C=Cc1ccc(COc2ccc(Nc3ccccc3)cc2)cc1.C=Cc1cccc(COc2ccc(Nc3ccccc3)cc2)c1.